The number of piperidine rings is 1. The average molecular weight is 318 g/mol. The second-order valence-corrected chi connectivity index (χ2v) is 7.42. The van der Waals surface area contributed by atoms with E-state index in [-0.39, 0.29) is 18.5 Å². The molecule has 5 nitrogen and oxygen atoms in total. The Balaban J connectivity index is 2.31. The van der Waals surface area contributed by atoms with E-state index >= 15 is 0 Å². The summed E-state index contributed by atoms with van der Waals surface area (Å²) in [6.45, 7) is 0.763. The van der Waals surface area contributed by atoms with E-state index in [0.717, 1.165) is 18.4 Å². The number of amides is 1. The zero-order valence-corrected chi connectivity index (χ0v) is 12.3. The molecule has 1 aliphatic rings. The minimum absolute atomic E-state index is 0.112. The second kappa shape index (κ2) is 5.69. The van der Waals surface area contributed by atoms with Crippen molar-refractivity contribution >= 4 is 21.4 Å². The molecule has 1 aromatic rings. The fourth-order valence-corrected chi connectivity index (χ4v) is 3.76. The van der Waals surface area contributed by atoms with Crippen LogP contribution in [0.5, 0.6) is 0 Å². The molecule has 1 aliphatic heterocycles. The molecule has 0 aliphatic carbocycles. The van der Waals surface area contributed by atoms with Gasteiger partial charge in [0.05, 0.1) is 5.69 Å². The minimum Gasteiger partial charge on any atom is -0.322 e. The average Bonchev–Trinajstić information content (AvgIpc) is 2.41. The number of hydrogen-bond donors (Lipinski definition) is 2. The minimum atomic E-state index is -3.68. The SMILES string of the molecule is CS(=O)(=O)C1(C(=O)Nc2ccc(F)cc2F)CCNCC1. The first-order valence-corrected chi connectivity index (χ1v) is 8.32. The molecule has 8 heteroatoms. The summed E-state index contributed by atoms with van der Waals surface area (Å²) in [5.74, 6) is -2.50. The van der Waals surface area contributed by atoms with Gasteiger partial charge in [0.2, 0.25) is 5.91 Å². The van der Waals surface area contributed by atoms with Crippen LogP contribution in [0.1, 0.15) is 12.8 Å². The lowest BCUT2D eigenvalue weighted by Crippen LogP contribution is -2.55. The summed E-state index contributed by atoms with van der Waals surface area (Å²) in [6.07, 6.45) is 1.22. The maximum absolute atomic E-state index is 13.6. The molecule has 0 saturated carbocycles. The van der Waals surface area contributed by atoms with Crippen molar-refractivity contribution in [3.63, 3.8) is 0 Å². The molecule has 0 unspecified atom stereocenters. The third kappa shape index (κ3) is 3.06. The summed E-state index contributed by atoms with van der Waals surface area (Å²) in [4.78, 5) is 12.4. The van der Waals surface area contributed by atoms with Crippen molar-refractivity contribution in [3.8, 4) is 0 Å². The van der Waals surface area contributed by atoms with E-state index in [1.54, 1.807) is 0 Å². The topological polar surface area (TPSA) is 75.3 Å². The van der Waals surface area contributed by atoms with Crippen molar-refractivity contribution < 1.29 is 22.0 Å². The third-order valence-electron chi connectivity index (χ3n) is 3.71. The Kier molecular flexibility index (Phi) is 4.29. The Hall–Kier alpha value is -1.54. The molecule has 1 aromatic carbocycles. The zero-order chi connectivity index (χ0) is 15.7. The van der Waals surface area contributed by atoms with Crippen molar-refractivity contribution in [1.82, 2.24) is 5.32 Å². The summed E-state index contributed by atoms with van der Waals surface area (Å²) in [7, 11) is -3.68. The summed E-state index contributed by atoms with van der Waals surface area (Å²) >= 11 is 0. The molecule has 2 N–H and O–H groups in total. The van der Waals surface area contributed by atoms with Gasteiger partial charge < -0.3 is 10.6 Å². The molecule has 1 amide bonds. The van der Waals surface area contributed by atoms with Gasteiger partial charge in [0, 0.05) is 12.3 Å². The predicted molar refractivity (Wildman–Crippen MR) is 74.7 cm³/mol. The van der Waals surface area contributed by atoms with E-state index in [1.807, 2.05) is 0 Å². The van der Waals surface area contributed by atoms with Gasteiger partial charge in [-0.25, -0.2) is 17.2 Å². The molecule has 1 saturated heterocycles. The first-order chi connectivity index (χ1) is 9.76. The van der Waals surface area contributed by atoms with Gasteiger partial charge in [-0.3, -0.25) is 4.79 Å². The van der Waals surface area contributed by atoms with Crippen LogP contribution in [-0.4, -0.2) is 38.4 Å². The highest BCUT2D eigenvalue weighted by Gasteiger charge is 2.48. The van der Waals surface area contributed by atoms with Crippen LogP contribution in [0, 0.1) is 11.6 Å². The molecule has 0 bridgehead atoms. The highest BCUT2D eigenvalue weighted by atomic mass is 32.2. The van der Waals surface area contributed by atoms with Gasteiger partial charge in [-0.2, -0.15) is 0 Å². The number of benzene rings is 1. The van der Waals surface area contributed by atoms with Gasteiger partial charge >= 0.3 is 0 Å². The molecular formula is C13H16F2N2O3S. The molecular weight excluding hydrogens is 302 g/mol. The maximum atomic E-state index is 13.6. The molecule has 1 heterocycles. The number of halogens is 2. The van der Waals surface area contributed by atoms with Crippen LogP contribution in [0.3, 0.4) is 0 Å². The van der Waals surface area contributed by atoms with Crippen LogP contribution < -0.4 is 10.6 Å². The van der Waals surface area contributed by atoms with Gasteiger partial charge in [-0.15, -0.1) is 0 Å². The molecule has 0 radical (unpaired) electrons. The highest BCUT2D eigenvalue weighted by molar-refractivity contribution is 7.92. The van der Waals surface area contributed by atoms with Crippen molar-refractivity contribution in [3.05, 3.63) is 29.8 Å². The number of carbonyl (C=O) groups excluding carboxylic acids is 1. The smallest absolute Gasteiger partial charge is 0.246 e. The van der Waals surface area contributed by atoms with Crippen molar-refractivity contribution in [1.29, 1.82) is 0 Å². The Labute approximate surface area is 121 Å². The first-order valence-electron chi connectivity index (χ1n) is 6.43. The molecule has 2 rings (SSSR count). The third-order valence-corrected chi connectivity index (χ3v) is 5.73. The van der Waals surface area contributed by atoms with Crippen LogP contribution in [-0.2, 0) is 14.6 Å². The summed E-state index contributed by atoms with van der Waals surface area (Å²) in [5, 5.41) is 5.25. The molecule has 21 heavy (non-hydrogen) atoms. The summed E-state index contributed by atoms with van der Waals surface area (Å²) < 4.78 is 48.9. The first kappa shape index (κ1) is 15.8. The van der Waals surface area contributed by atoms with Gasteiger partial charge in [-0.1, -0.05) is 0 Å². The Morgan fingerprint density at radius 2 is 1.90 bits per heavy atom. The van der Waals surface area contributed by atoms with Crippen molar-refractivity contribution in [2.75, 3.05) is 24.7 Å². The van der Waals surface area contributed by atoms with Gasteiger partial charge in [0.25, 0.3) is 0 Å². The van der Waals surface area contributed by atoms with Crippen LogP contribution in [0.25, 0.3) is 0 Å². The van der Waals surface area contributed by atoms with E-state index in [1.165, 1.54) is 0 Å². The number of nitrogens with one attached hydrogen (secondary N) is 2. The number of hydrogen-bond acceptors (Lipinski definition) is 4. The van der Waals surface area contributed by atoms with E-state index < -0.39 is 32.1 Å². The van der Waals surface area contributed by atoms with Crippen LogP contribution in [0.15, 0.2) is 18.2 Å². The van der Waals surface area contributed by atoms with Crippen LogP contribution >= 0.6 is 0 Å². The fraction of sp³-hybridized carbons (Fsp3) is 0.462. The number of carbonyl (C=O) groups is 1. The van der Waals surface area contributed by atoms with Crippen LogP contribution in [0.4, 0.5) is 14.5 Å². The zero-order valence-electron chi connectivity index (χ0n) is 11.4. The predicted octanol–water partition coefficient (Wildman–Crippen LogP) is 1.07. The van der Waals surface area contributed by atoms with Gasteiger partial charge in [-0.05, 0) is 38.1 Å². The number of anilines is 1. The van der Waals surface area contributed by atoms with Gasteiger partial charge in [0.1, 0.15) is 11.6 Å². The second-order valence-electron chi connectivity index (χ2n) is 5.09. The monoisotopic (exact) mass is 318 g/mol. The van der Waals surface area contributed by atoms with Gasteiger partial charge in [0.15, 0.2) is 14.6 Å². The largest absolute Gasteiger partial charge is 0.322 e. The molecule has 0 atom stereocenters. The Bertz CT molecular complexity index is 655. The van der Waals surface area contributed by atoms with E-state index in [2.05, 4.69) is 10.6 Å². The van der Waals surface area contributed by atoms with E-state index in [0.29, 0.717) is 19.2 Å². The lowest BCUT2D eigenvalue weighted by atomic mass is 9.95. The standard InChI is InChI=1S/C13H16F2N2O3S/c1-21(19,20)13(4-6-16-7-5-13)12(18)17-11-3-2-9(14)8-10(11)15/h2-3,8,16H,4-7H2,1H3,(H,17,18). The fourth-order valence-electron chi connectivity index (χ4n) is 2.42. The Morgan fingerprint density at radius 1 is 1.29 bits per heavy atom. The normalized spacial score (nSPS) is 18.2. The van der Waals surface area contributed by atoms with E-state index in [4.69, 9.17) is 0 Å². The van der Waals surface area contributed by atoms with Crippen LogP contribution in [0.2, 0.25) is 0 Å². The van der Waals surface area contributed by atoms with Crippen molar-refractivity contribution in [2.45, 2.75) is 17.6 Å². The summed E-state index contributed by atoms with van der Waals surface area (Å²) in [5.41, 5.74) is -0.233. The lowest BCUT2D eigenvalue weighted by molar-refractivity contribution is -0.119. The number of sulfone groups is 1. The molecule has 0 spiro atoms. The molecule has 1 fully saturated rings. The molecule has 116 valence electrons. The quantitative estimate of drug-likeness (QED) is 0.874. The highest BCUT2D eigenvalue weighted by Crippen LogP contribution is 2.30. The number of rotatable bonds is 3. The maximum Gasteiger partial charge on any atom is 0.246 e. The molecule has 0 aromatic heterocycles. The van der Waals surface area contributed by atoms with E-state index in [9.17, 15) is 22.0 Å². The summed E-state index contributed by atoms with van der Waals surface area (Å²) in [6, 6.07) is 2.69. The van der Waals surface area contributed by atoms with Crippen molar-refractivity contribution in [2.24, 2.45) is 0 Å². The Morgan fingerprint density at radius 3 is 2.43 bits per heavy atom. The lowest BCUT2D eigenvalue weighted by Gasteiger charge is -2.34.